The van der Waals surface area contributed by atoms with E-state index in [1.165, 1.54) is 5.56 Å². The third-order valence-corrected chi connectivity index (χ3v) is 2.70. The number of nitrogens with zero attached hydrogens (tertiary/aromatic N) is 3. The first kappa shape index (κ1) is 14.0. The van der Waals surface area contributed by atoms with Crippen molar-refractivity contribution in [2.24, 2.45) is 0 Å². The molecule has 0 atom stereocenters. The number of anilines is 3. The standard InChI is InChI=1S/C14H19N5O/c1-4-10-7-6-8-11(9-10)16-13-17-12(15-3)18-14(19-13)20-5-2/h6-9H,4-5H2,1-3H3,(H2,15,16,17,18,19). The van der Waals surface area contributed by atoms with Gasteiger partial charge in [-0.1, -0.05) is 19.1 Å². The smallest absolute Gasteiger partial charge is 0.323 e. The van der Waals surface area contributed by atoms with E-state index < -0.39 is 0 Å². The van der Waals surface area contributed by atoms with Gasteiger partial charge in [-0.2, -0.15) is 15.0 Å². The molecule has 1 aromatic carbocycles. The van der Waals surface area contributed by atoms with Crippen LogP contribution in [0.15, 0.2) is 24.3 Å². The zero-order chi connectivity index (χ0) is 14.4. The first-order valence-corrected chi connectivity index (χ1v) is 6.67. The van der Waals surface area contributed by atoms with E-state index >= 15 is 0 Å². The molecule has 2 N–H and O–H groups in total. The summed E-state index contributed by atoms with van der Waals surface area (Å²) in [7, 11) is 1.76. The molecule has 1 aromatic heterocycles. The summed E-state index contributed by atoms with van der Waals surface area (Å²) in [6.45, 7) is 4.52. The third kappa shape index (κ3) is 3.57. The molecular weight excluding hydrogens is 254 g/mol. The lowest BCUT2D eigenvalue weighted by Gasteiger charge is -2.09. The maximum Gasteiger partial charge on any atom is 0.323 e. The van der Waals surface area contributed by atoms with Crippen LogP contribution in [-0.4, -0.2) is 28.6 Å². The summed E-state index contributed by atoms with van der Waals surface area (Å²) in [5.41, 5.74) is 2.20. The summed E-state index contributed by atoms with van der Waals surface area (Å²) in [5, 5.41) is 6.06. The fraction of sp³-hybridized carbons (Fsp3) is 0.357. The summed E-state index contributed by atoms with van der Waals surface area (Å²) in [4.78, 5) is 12.6. The topological polar surface area (TPSA) is 72.0 Å². The van der Waals surface area contributed by atoms with Crippen LogP contribution in [-0.2, 0) is 6.42 Å². The molecule has 0 saturated carbocycles. The van der Waals surface area contributed by atoms with E-state index in [1.807, 2.05) is 19.1 Å². The van der Waals surface area contributed by atoms with E-state index in [4.69, 9.17) is 4.74 Å². The fourth-order valence-electron chi connectivity index (χ4n) is 1.72. The highest BCUT2D eigenvalue weighted by atomic mass is 16.5. The Hall–Kier alpha value is -2.37. The highest BCUT2D eigenvalue weighted by Crippen LogP contribution is 2.18. The van der Waals surface area contributed by atoms with Crippen molar-refractivity contribution in [3.63, 3.8) is 0 Å². The van der Waals surface area contributed by atoms with Gasteiger partial charge in [0, 0.05) is 12.7 Å². The normalized spacial score (nSPS) is 10.2. The molecule has 6 heteroatoms. The van der Waals surface area contributed by atoms with Gasteiger partial charge in [-0.25, -0.2) is 0 Å². The molecule has 0 unspecified atom stereocenters. The highest BCUT2D eigenvalue weighted by molar-refractivity contribution is 5.55. The second-order valence-corrected chi connectivity index (χ2v) is 4.13. The molecule has 6 nitrogen and oxygen atoms in total. The molecule has 0 spiro atoms. The molecule has 1 heterocycles. The molecule has 0 aliphatic heterocycles. The molecule has 0 amide bonds. The molecule has 2 rings (SSSR count). The van der Waals surface area contributed by atoms with Crippen molar-refractivity contribution in [1.29, 1.82) is 0 Å². The summed E-state index contributed by atoms with van der Waals surface area (Å²) < 4.78 is 5.33. The Bertz CT molecular complexity index is 573. The van der Waals surface area contributed by atoms with Crippen LogP contribution in [0.2, 0.25) is 0 Å². The summed E-state index contributed by atoms with van der Waals surface area (Å²) in [6, 6.07) is 8.44. The van der Waals surface area contributed by atoms with Crippen LogP contribution in [0, 0.1) is 0 Å². The van der Waals surface area contributed by atoms with Crippen LogP contribution >= 0.6 is 0 Å². The van der Waals surface area contributed by atoms with E-state index in [-0.39, 0.29) is 0 Å². The predicted molar refractivity (Wildman–Crippen MR) is 79.6 cm³/mol. The minimum absolute atomic E-state index is 0.306. The number of ether oxygens (including phenoxy) is 1. The van der Waals surface area contributed by atoms with E-state index in [0.717, 1.165) is 12.1 Å². The average Bonchev–Trinajstić information content (AvgIpc) is 2.47. The van der Waals surface area contributed by atoms with Crippen molar-refractivity contribution >= 4 is 17.6 Å². The van der Waals surface area contributed by atoms with Crippen LogP contribution < -0.4 is 15.4 Å². The first-order valence-electron chi connectivity index (χ1n) is 6.67. The molecule has 2 aromatic rings. The summed E-state index contributed by atoms with van der Waals surface area (Å²) in [5.74, 6) is 0.929. The Balaban J connectivity index is 2.24. The van der Waals surface area contributed by atoms with Gasteiger partial charge in [-0.3, -0.25) is 0 Å². The zero-order valence-corrected chi connectivity index (χ0v) is 12.0. The number of aryl methyl sites for hydroxylation is 1. The Morgan fingerprint density at radius 2 is 1.90 bits per heavy atom. The Morgan fingerprint density at radius 3 is 2.60 bits per heavy atom. The predicted octanol–water partition coefficient (Wildman–Crippen LogP) is 2.62. The molecule has 20 heavy (non-hydrogen) atoms. The van der Waals surface area contributed by atoms with Gasteiger partial charge in [0.15, 0.2) is 0 Å². The van der Waals surface area contributed by atoms with Gasteiger partial charge in [0.05, 0.1) is 6.61 Å². The average molecular weight is 273 g/mol. The Morgan fingerprint density at radius 1 is 1.10 bits per heavy atom. The van der Waals surface area contributed by atoms with Gasteiger partial charge >= 0.3 is 6.01 Å². The number of benzene rings is 1. The van der Waals surface area contributed by atoms with Crippen LogP contribution in [0.3, 0.4) is 0 Å². The third-order valence-electron chi connectivity index (χ3n) is 2.70. The summed E-state index contributed by atoms with van der Waals surface area (Å²) >= 11 is 0. The molecule has 0 fully saturated rings. The lowest BCUT2D eigenvalue weighted by Crippen LogP contribution is -2.07. The Labute approximate surface area is 118 Å². The molecule has 0 aliphatic rings. The maximum absolute atomic E-state index is 5.33. The zero-order valence-electron chi connectivity index (χ0n) is 12.0. The van der Waals surface area contributed by atoms with Gasteiger partial charge in [0.25, 0.3) is 0 Å². The summed E-state index contributed by atoms with van der Waals surface area (Å²) in [6.07, 6.45) is 0.985. The van der Waals surface area contributed by atoms with E-state index in [0.29, 0.717) is 24.5 Å². The van der Waals surface area contributed by atoms with E-state index in [1.54, 1.807) is 7.05 Å². The SMILES string of the molecule is CCOc1nc(NC)nc(Nc2cccc(CC)c2)n1. The van der Waals surface area contributed by atoms with Crippen molar-refractivity contribution < 1.29 is 4.74 Å². The monoisotopic (exact) mass is 273 g/mol. The van der Waals surface area contributed by atoms with Crippen LogP contribution in [0.1, 0.15) is 19.4 Å². The minimum Gasteiger partial charge on any atom is -0.464 e. The van der Waals surface area contributed by atoms with Gasteiger partial charge in [0.1, 0.15) is 0 Å². The van der Waals surface area contributed by atoms with Gasteiger partial charge in [0.2, 0.25) is 11.9 Å². The van der Waals surface area contributed by atoms with Crippen molar-refractivity contribution in [2.75, 3.05) is 24.3 Å². The molecule has 106 valence electrons. The Kier molecular flexibility index (Phi) is 4.70. The van der Waals surface area contributed by atoms with Crippen molar-refractivity contribution in [3.05, 3.63) is 29.8 Å². The van der Waals surface area contributed by atoms with Crippen LogP contribution in [0.5, 0.6) is 6.01 Å². The van der Waals surface area contributed by atoms with Crippen molar-refractivity contribution in [2.45, 2.75) is 20.3 Å². The molecule has 0 radical (unpaired) electrons. The van der Waals surface area contributed by atoms with Gasteiger partial charge < -0.3 is 15.4 Å². The van der Waals surface area contributed by atoms with Gasteiger partial charge in [-0.15, -0.1) is 0 Å². The van der Waals surface area contributed by atoms with Crippen LogP contribution in [0.4, 0.5) is 17.6 Å². The first-order chi connectivity index (χ1) is 9.75. The lowest BCUT2D eigenvalue weighted by molar-refractivity contribution is 0.312. The second-order valence-electron chi connectivity index (χ2n) is 4.13. The second kappa shape index (κ2) is 6.70. The molecule has 0 bridgehead atoms. The number of nitrogens with one attached hydrogen (secondary N) is 2. The quantitative estimate of drug-likeness (QED) is 0.843. The fourth-order valence-corrected chi connectivity index (χ4v) is 1.72. The molecule has 0 aliphatic carbocycles. The number of hydrogen-bond donors (Lipinski definition) is 2. The highest BCUT2D eigenvalue weighted by Gasteiger charge is 2.06. The number of aromatic nitrogens is 3. The maximum atomic E-state index is 5.33. The number of rotatable bonds is 6. The molecular formula is C14H19N5O. The van der Waals surface area contributed by atoms with Gasteiger partial charge in [-0.05, 0) is 31.0 Å². The van der Waals surface area contributed by atoms with E-state index in [9.17, 15) is 0 Å². The van der Waals surface area contributed by atoms with Crippen LogP contribution in [0.25, 0.3) is 0 Å². The van der Waals surface area contributed by atoms with E-state index in [2.05, 4.69) is 44.6 Å². The minimum atomic E-state index is 0.306. The van der Waals surface area contributed by atoms with Crippen molar-refractivity contribution in [1.82, 2.24) is 15.0 Å². The lowest BCUT2D eigenvalue weighted by atomic mass is 10.1. The number of hydrogen-bond acceptors (Lipinski definition) is 6. The molecule has 0 saturated heterocycles. The van der Waals surface area contributed by atoms with Crippen molar-refractivity contribution in [3.8, 4) is 6.01 Å². The largest absolute Gasteiger partial charge is 0.464 e.